The fourth-order valence-electron chi connectivity index (χ4n) is 4.09. The molecule has 8 nitrogen and oxygen atoms in total. The summed E-state index contributed by atoms with van der Waals surface area (Å²) in [4.78, 5) is 32.5. The minimum absolute atomic E-state index is 0.336. The van der Waals surface area contributed by atoms with Gasteiger partial charge in [0.1, 0.15) is 5.25 Å². The van der Waals surface area contributed by atoms with E-state index in [1.807, 2.05) is 30.3 Å². The Kier molecular flexibility index (Phi) is 5.15. The van der Waals surface area contributed by atoms with Crippen LogP contribution in [0.3, 0.4) is 0 Å². The van der Waals surface area contributed by atoms with Gasteiger partial charge in [0.2, 0.25) is 0 Å². The van der Waals surface area contributed by atoms with Gasteiger partial charge in [0, 0.05) is 33.5 Å². The summed E-state index contributed by atoms with van der Waals surface area (Å²) in [7, 11) is 3.02. The van der Waals surface area contributed by atoms with Gasteiger partial charge >= 0.3 is 6.03 Å². The molecule has 1 N–H and O–H groups in total. The van der Waals surface area contributed by atoms with Crippen molar-refractivity contribution in [3.05, 3.63) is 66.0 Å². The fourth-order valence-corrected chi connectivity index (χ4v) is 5.39. The van der Waals surface area contributed by atoms with Crippen molar-refractivity contribution < 1.29 is 19.1 Å². The molecule has 1 aromatic heterocycles. The van der Waals surface area contributed by atoms with E-state index < -0.39 is 17.3 Å². The molecule has 1 saturated heterocycles. The largest absolute Gasteiger partial charge is 0.493 e. The van der Waals surface area contributed by atoms with Crippen LogP contribution in [0.15, 0.2) is 54.9 Å². The van der Waals surface area contributed by atoms with E-state index in [1.165, 1.54) is 32.2 Å². The summed E-state index contributed by atoms with van der Waals surface area (Å²) >= 11 is 1.31. The van der Waals surface area contributed by atoms with Gasteiger partial charge in [-0.2, -0.15) is 5.26 Å². The molecule has 2 atom stereocenters. The number of thioether (sulfide) groups is 1. The molecule has 0 aliphatic carbocycles. The second-order valence-corrected chi connectivity index (χ2v) is 8.65. The number of hydrogen-bond donors (Lipinski definition) is 1. The molecule has 9 heteroatoms. The van der Waals surface area contributed by atoms with Crippen LogP contribution in [0.1, 0.15) is 11.1 Å². The third-order valence-corrected chi connectivity index (χ3v) is 7.02. The van der Waals surface area contributed by atoms with Crippen molar-refractivity contribution in [2.45, 2.75) is 11.3 Å². The average molecular weight is 458 g/mol. The minimum atomic E-state index is -0.573. The number of nitriles is 1. The molecule has 0 radical (unpaired) electrons. The van der Waals surface area contributed by atoms with E-state index in [-0.39, 0.29) is 5.91 Å². The number of nitrogens with zero attached hydrogens (tertiary/aromatic N) is 3. The highest BCUT2D eigenvalue weighted by Gasteiger charge is 2.46. The van der Waals surface area contributed by atoms with Crippen LogP contribution < -0.4 is 19.7 Å². The highest BCUT2D eigenvalue weighted by Crippen LogP contribution is 2.45. The van der Waals surface area contributed by atoms with Crippen LogP contribution in [-0.4, -0.2) is 42.4 Å². The molecule has 3 aromatic rings. The summed E-state index contributed by atoms with van der Waals surface area (Å²) in [6.45, 7) is 0. The molecule has 3 amide bonds. The van der Waals surface area contributed by atoms with Crippen molar-refractivity contribution in [1.82, 2.24) is 10.3 Å². The van der Waals surface area contributed by atoms with Gasteiger partial charge in [-0.3, -0.25) is 9.78 Å². The van der Waals surface area contributed by atoms with E-state index >= 15 is 0 Å². The number of benzene rings is 2. The predicted molar refractivity (Wildman–Crippen MR) is 125 cm³/mol. The van der Waals surface area contributed by atoms with Crippen LogP contribution >= 0.6 is 11.8 Å². The Morgan fingerprint density at radius 1 is 1.12 bits per heavy atom. The number of fused-ring (bicyclic) bond motifs is 2. The van der Waals surface area contributed by atoms with Crippen LogP contribution in [-0.2, 0) is 4.79 Å². The maximum absolute atomic E-state index is 13.5. The molecule has 1 fully saturated rings. The Bertz CT molecular complexity index is 1380. The Balaban J connectivity index is 1.51. The van der Waals surface area contributed by atoms with Gasteiger partial charge in [-0.15, -0.1) is 11.8 Å². The second kappa shape index (κ2) is 8.15. The summed E-state index contributed by atoms with van der Waals surface area (Å²) in [5.41, 5.74) is 1.45. The van der Waals surface area contributed by atoms with E-state index in [2.05, 4.69) is 16.4 Å². The Morgan fingerprint density at radius 2 is 1.88 bits per heavy atom. The number of aromatic nitrogens is 1. The Hall–Kier alpha value is -4.03. The van der Waals surface area contributed by atoms with E-state index in [0.717, 1.165) is 15.7 Å². The van der Waals surface area contributed by atoms with E-state index in [9.17, 15) is 14.9 Å². The lowest BCUT2D eigenvalue weighted by Crippen LogP contribution is -2.60. The molecular weight excluding hydrogens is 440 g/mol. The molecule has 2 aliphatic heterocycles. The molecule has 0 spiro atoms. The Labute approximate surface area is 193 Å². The van der Waals surface area contributed by atoms with Gasteiger partial charge in [-0.1, -0.05) is 24.3 Å². The van der Waals surface area contributed by atoms with Crippen LogP contribution in [0.5, 0.6) is 11.5 Å². The number of carbonyl (C=O) groups is 2. The maximum atomic E-state index is 13.5. The SMILES string of the molecule is COc1cc(C#N)c(C2=CC3NC(=O)N(c4cncc5ccccc45)C(=O)C3S2)cc1OC. The van der Waals surface area contributed by atoms with Crippen molar-refractivity contribution in [2.24, 2.45) is 0 Å². The third-order valence-electron chi connectivity index (χ3n) is 5.67. The number of amides is 3. The lowest BCUT2D eigenvalue weighted by molar-refractivity contribution is -0.118. The topological polar surface area (TPSA) is 105 Å². The number of imide groups is 1. The monoisotopic (exact) mass is 458 g/mol. The molecule has 164 valence electrons. The number of ether oxygens (including phenoxy) is 2. The van der Waals surface area contributed by atoms with Gasteiger partial charge in [-0.25, -0.2) is 9.69 Å². The summed E-state index contributed by atoms with van der Waals surface area (Å²) in [5.74, 6) is 0.580. The molecule has 3 heterocycles. The van der Waals surface area contributed by atoms with Crippen molar-refractivity contribution in [3.63, 3.8) is 0 Å². The normalized spacial score (nSPS) is 19.5. The Morgan fingerprint density at radius 3 is 2.64 bits per heavy atom. The number of urea groups is 1. The summed E-state index contributed by atoms with van der Waals surface area (Å²) < 4.78 is 10.7. The van der Waals surface area contributed by atoms with Crippen molar-refractivity contribution in [1.29, 1.82) is 5.26 Å². The third kappa shape index (κ3) is 3.36. The molecule has 0 bridgehead atoms. The zero-order chi connectivity index (χ0) is 23.1. The summed E-state index contributed by atoms with van der Waals surface area (Å²) in [5, 5.41) is 13.6. The quantitative estimate of drug-likeness (QED) is 0.636. The van der Waals surface area contributed by atoms with Gasteiger partial charge in [0.05, 0.1) is 43.8 Å². The summed E-state index contributed by atoms with van der Waals surface area (Å²) in [6, 6.07) is 11.9. The molecule has 0 saturated carbocycles. The molecule has 33 heavy (non-hydrogen) atoms. The number of nitrogens with one attached hydrogen (secondary N) is 1. The number of rotatable bonds is 4. The molecule has 2 aromatic carbocycles. The second-order valence-electron chi connectivity index (χ2n) is 7.46. The van der Waals surface area contributed by atoms with Crippen LogP contribution in [0, 0.1) is 11.3 Å². The van der Waals surface area contributed by atoms with Gasteiger partial charge in [0.15, 0.2) is 11.5 Å². The fraction of sp³-hybridized carbons (Fsp3) is 0.167. The first-order valence-electron chi connectivity index (χ1n) is 10.1. The first-order valence-corrected chi connectivity index (χ1v) is 11.0. The van der Waals surface area contributed by atoms with Gasteiger partial charge in [0.25, 0.3) is 5.91 Å². The van der Waals surface area contributed by atoms with Crippen LogP contribution in [0.2, 0.25) is 0 Å². The number of anilines is 1. The highest BCUT2D eigenvalue weighted by molar-refractivity contribution is 8.09. The number of pyridine rings is 1. The first kappa shape index (κ1) is 20.8. The zero-order valence-corrected chi connectivity index (χ0v) is 18.6. The van der Waals surface area contributed by atoms with E-state index in [4.69, 9.17) is 9.47 Å². The molecule has 2 aliphatic rings. The highest BCUT2D eigenvalue weighted by atomic mass is 32.2. The number of hydrogen-bond acceptors (Lipinski definition) is 7. The van der Waals surface area contributed by atoms with Crippen molar-refractivity contribution >= 4 is 45.1 Å². The zero-order valence-electron chi connectivity index (χ0n) is 17.7. The summed E-state index contributed by atoms with van der Waals surface area (Å²) in [6.07, 6.45) is 5.03. The van der Waals surface area contributed by atoms with Crippen LogP contribution in [0.4, 0.5) is 10.5 Å². The van der Waals surface area contributed by atoms with Gasteiger partial charge in [-0.05, 0) is 12.1 Å². The van der Waals surface area contributed by atoms with Gasteiger partial charge < -0.3 is 14.8 Å². The maximum Gasteiger partial charge on any atom is 0.329 e. The van der Waals surface area contributed by atoms with Crippen molar-refractivity contribution in [2.75, 3.05) is 19.1 Å². The smallest absolute Gasteiger partial charge is 0.329 e. The van der Waals surface area contributed by atoms with Crippen LogP contribution in [0.25, 0.3) is 15.7 Å². The molecular formula is C24H18N4O4S. The average Bonchev–Trinajstić information content (AvgIpc) is 3.27. The van der Waals surface area contributed by atoms with E-state index in [0.29, 0.717) is 33.2 Å². The minimum Gasteiger partial charge on any atom is -0.493 e. The molecule has 2 unspecified atom stereocenters. The lowest BCUT2D eigenvalue weighted by atomic mass is 10.0. The molecule has 5 rings (SSSR count). The standard InChI is InChI=1S/C24H18N4O4S/c1-31-19-7-14(10-25)16(8-20(19)32-2)21-9-17-22(33-21)23(29)28(24(30)27-17)18-12-26-11-13-5-3-4-6-15(13)18/h3-9,11-12,17,22H,1-2H3,(H,27,30). The van der Waals surface area contributed by atoms with Crippen molar-refractivity contribution in [3.8, 4) is 17.6 Å². The van der Waals surface area contributed by atoms with E-state index in [1.54, 1.807) is 18.3 Å². The predicted octanol–water partition coefficient (Wildman–Crippen LogP) is 3.70. The lowest BCUT2D eigenvalue weighted by Gasteiger charge is -2.33. The number of methoxy groups -OCH3 is 2. The first-order chi connectivity index (χ1) is 16.0. The number of carbonyl (C=O) groups excluding carboxylic acids is 2.